The maximum atomic E-state index is 4.63. The zero-order valence-corrected chi connectivity index (χ0v) is 13.6. The highest BCUT2D eigenvalue weighted by molar-refractivity contribution is 5.35. The molecule has 0 saturated heterocycles. The van der Waals surface area contributed by atoms with Crippen molar-refractivity contribution in [1.82, 2.24) is 15.3 Å². The summed E-state index contributed by atoms with van der Waals surface area (Å²) in [6.07, 6.45) is 2.93. The molecule has 0 bridgehead atoms. The first kappa shape index (κ1) is 15.0. The Hall–Kier alpha value is -1.94. The quantitative estimate of drug-likeness (QED) is 0.914. The van der Waals surface area contributed by atoms with Crippen LogP contribution >= 0.6 is 0 Å². The van der Waals surface area contributed by atoms with Crippen molar-refractivity contribution in [2.45, 2.75) is 38.6 Å². The molecular weight excluding hydrogens is 272 g/mol. The van der Waals surface area contributed by atoms with Gasteiger partial charge in [-0.05, 0) is 30.2 Å². The topological polar surface area (TPSA) is 49.8 Å². The van der Waals surface area contributed by atoms with Crippen LogP contribution in [0.5, 0.6) is 0 Å². The van der Waals surface area contributed by atoms with E-state index in [1.807, 2.05) is 12.3 Å². The van der Waals surface area contributed by atoms with Crippen LogP contribution < -0.4 is 10.6 Å². The molecular formula is C18H24N4. The number of benzene rings is 1. The van der Waals surface area contributed by atoms with E-state index < -0.39 is 0 Å². The molecule has 1 aliphatic rings. The predicted octanol–water partition coefficient (Wildman–Crippen LogP) is 3.07. The van der Waals surface area contributed by atoms with Gasteiger partial charge in [-0.25, -0.2) is 9.97 Å². The number of rotatable bonds is 3. The van der Waals surface area contributed by atoms with E-state index >= 15 is 0 Å². The van der Waals surface area contributed by atoms with Crippen molar-refractivity contribution in [1.29, 1.82) is 0 Å². The average Bonchev–Trinajstić information content (AvgIpc) is 2.52. The van der Waals surface area contributed by atoms with Gasteiger partial charge in [-0.2, -0.15) is 0 Å². The fraction of sp³-hybridized carbons (Fsp3) is 0.444. The van der Waals surface area contributed by atoms with Crippen molar-refractivity contribution in [3.05, 3.63) is 53.3 Å². The Morgan fingerprint density at radius 3 is 2.86 bits per heavy atom. The van der Waals surface area contributed by atoms with Crippen molar-refractivity contribution in [3.8, 4) is 0 Å². The smallest absolute Gasteiger partial charge is 0.222 e. The van der Waals surface area contributed by atoms with E-state index in [1.165, 1.54) is 11.1 Å². The number of aromatic nitrogens is 2. The van der Waals surface area contributed by atoms with Gasteiger partial charge in [0.15, 0.2) is 0 Å². The highest BCUT2D eigenvalue weighted by atomic mass is 15.1. The largest absolute Gasteiger partial charge is 0.352 e. The molecule has 0 amide bonds. The Bertz CT molecular complexity index is 646. The summed E-state index contributed by atoms with van der Waals surface area (Å²) in [5.41, 5.74) is 3.92. The molecule has 0 spiro atoms. The second-order valence-electron chi connectivity index (χ2n) is 6.85. The van der Waals surface area contributed by atoms with Crippen molar-refractivity contribution in [2.75, 3.05) is 18.4 Å². The first-order valence-electron chi connectivity index (χ1n) is 7.92. The molecule has 1 atom stereocenters. The summed E-state index contributed by atoms with van der Waals surface area (Å²) in [5.74, 6) is 0.706. The molecule has 0 radical (unpaired) electrons. The molecule has 4 heteroatoms. The SMILES string of the molecule is CC(C)(C)c1ccnc(NCC2NCCc3ccccc32)n1. The van der Waals surface area contributed by atoms with Gasteiger partial charge in [0.25, 0.3) is 0 Å². The molecule has 0 saturated carbocycles. The van der Waals surface area contributed by atoms with E-state index in [-0.39, 0.29) is 5.41 Å². The van der Waals surface area contributed by atoms with Gasteiger partial charge >= 0.3 is 0 Å². The minimum atomic E-state index is 0.0368. The summed E-state index contributed by atoms with van der Waals surface area (Å²) in [6, 6.07) is 11.0. The van der Waals surface area contributed by atoms with Gasteiger partial charge in [0.1, 0.15) is 0 Å². The Morgan fingerprint density at radius 2 is 2.05 bits per heavy atom. The van der Waals surface area contributed by atoms with Gasteiger partial charge in [-0.1, -0.05) is 45.0 Å². The normalized spacial score (nSPS) is 17.9. The van der Waals surface area contributed by atoms with E-state index in [2.05, 4.69) is 65.6 Å². The molecule has 0 aliphatic carbocycles. The van der Waals surface area contributed by atoms with E-state index in [0.717, 1.165) is 25.2 Å². The molecule has 2 heterocycles. The highest BCUT2D eigenvalue weighted by Crippen LogP contribution is 2.23. The summed E-state index contributed by atoms with van der Waals surface area (Å²) >= 11 is 0. The van der Waals surface area contributed by atoms with E-state index in [0.29, 0.717) is 12.0 Å². The van der Waals surface area contributed by atoms with Crippen LogP contribution in [0.3, 0.4) is 0 Å². The number of hydrogen-bond acceptors (Lipinski definition) is 4. The lowest BCUT2D eigenvalue weighted by Gasteiger charge is -2.27. The molecule has 116 valence electrons. The maximum Gasteiger partial charge on any atom is 0.222 e. The van der Waals surface area contributed by atoms with Gasteiger partial charge in [0, 0.05) is 24.2 Å². The van der Waals surface area contributed by atoms with Gasteiger partial charge < -0.3 is 10.6 Å². The van der Waals surface area contributed by atoms with Crippen molar-refractivity contribution in [2.24, 2.45) is 0 Å². The number of hydrogen-bond donors (Lipinski definition) is 2. The summed E-state index contributed by atoms with van der Waals surface area (Å²) in [7, 11) is 0. The molecule has 4 nitrogen and oxygen atoms in total. The second-order valence-corrected chi connectivity index (χ2v) is 6.85. The van der Waals surface area contributed by atoms with Crippen molar-refractivity contribution in [3.63, 3.8) is 0 Å². The predicted molar refractivity (Wildman–Crippen MR) is 90.1 cm³/mol. The Labute approximate surface area is 132 Å². The molecule has 1 unspecified atom stereocenters. The van der Waals surface area contributed by atoms with Crippen LogP contribution in [-0.2, 0) is 11.8 Å². The molecule has 1 aromatic heterocycles. The van der Waals surface area contributed by atoms with Gasteiger partial charge in [-0.15, -0.1) is 0 Å². The summed E-state index contributed by atoms with van der Waals surface area (Å²) in [4.78, 5) is 8.98. The Balaban J connectivity index is 1.71. The second kappa shape index (κ2) is 6.05. The standard InChI is InChI=1S/C18H24N4/c1-18(2,3)16-9-11-20-17(22-16)21-12-15-14-7-5-4-6-13(14)8-10-19-15/h4-7,9,11,15,19H,8,10,12H2,1-3H3,(H,20,21,22). The average molecular weight is 296 g/mol. The lowest BCUT2D eigenvalue weighted by Crippen LogP contribution is -2.34. The number of nitrogens with one attached hydrogen (secondary N) is 2. The first-order valence-corrected chi connectivity index (χ1v) is 7.92. The highest BCUT2D eigenvalue weighted by Gasteiger charge is 2.20. The summed E-state index contributed by atoms with van der Waals surface area (Å²) in [6.45, 7) is 8.31. The van der Waals surface area contributed by atoms with E-state index in [1.54, 1.807) is 0 Å². The van der Waals surface area contributed by atoms with Crippen LogP contribution in [0.25, 0.3) is 0 Å². The fourth-order valence-corrected chi connectivity index (χ4v) is 2.83. The lowest BCUT2D eigenvalue weighted by atomic mass is 9.92. The van der Waals surface area contributed by atoms with Crippen LogP contribution in [-0.4, -0.2) is 23.1 Å². The van der Waals surface area contributed by atoms with Crippen molar-refractivity contribution < 1.29 is 0 Å². The third-order valence-corrected chi connectivity index (χ3v) is 4.10. The lowest BCUT2D eigenvalue weighted by molar-refractivity contribution is 0.521. The molecule has 1 aromatic carbocycles. The number of anilines is 1. The zero-order chi connectivity index (χ0) is 15.6. The third kappa shape index (κ3) is 3.28. The first-order chi connectivity index (χ1) is 10.5. The minimum Gasteiger partial charge on any atom is -0.352 e. The Kier molecular flexibility index (Phi) is 4.12. The molecule has 1 aliphatic heterocycles. The van der Waals surface area contributed by atoms with Crippen LogP contribution in [0, 0.1) is 0 Å². The molecule has 0 fully saturated rings. The molecule has 22 heavy (non-hydrogen) atoms. The number of nitrogens with zero attached hydrogens (tertiary/aromatic N) is 2. The van der Waals surface area contributed by atoms with Crippen LogP contribution in [0.4, 0.5) is 5.95 Å². The third-order valence-electron chi connectivity index (χ3n) is 4.10. The van der Waals surface area contributed by atoms with Gasteiger partial charge in [0.2, 0.25) is 5.95 Å². The zero-order valence-electron chi connectivity index (χ0n) is 13.6. The van der Waals surface area contributed by atoms with Crippen molar-refractivity contribution >= 4 is 5.95 Å². The Morgan fingerprint density at radius 1 is 1.23 bits per heavy atom. The van der Waals surface area contributed by atoms with E-state index in [9.17, 15) is 0 Å². The molecule has 2 aromatic rings. The van der Waals surface area contributed by atoms with Gasteiger partial charge in [-0.3, -0.25) is 0 Å². The van der Waals surface area contributed by atoms with Crippen LogP contribution in [0.15, 0.2) is 36.5 Å². The summed E-state index contributed by atoms with van der Waals surface area (Å²) < 4.78 is 0. The molecule has 2 N–H and O–H groups in total. The van der Waals surface area contributed by atoms with Crippen LogP contribution in [0.1, 0.15) is 43.6 Å². The summed E-state index contributed by atoms with van der Waals surface area (Å²) in [5, 5.41) is 6.96. The van der Waals surface area contributed by atoms with Gasteiger partial charge in [0.05, 0.1) is 5.69 Å². The van der Waals surface area contributed by atoms with Crippen LogP contribution in [0.2, 0.25) is 0 Å². The number of fused-ring (bicyclic) bond motifs is 1. The van der Waals surface area contributed by atoms with E-state index in [4.69, 9.17) is 0 Å². The maximum absolute atomic E-state index is 4.63. The minimum absolute atomic E-state index is 0.0368. The molecule has 3 rings (SSSR count). The monoisotopic (exact) mass is 296 g/mol. The fourth-order valence-electron chi connectivity index (χ4n) is 2.83.